The standard InChI is InChI=1S/C15H20O4S/c1-18-13(16)15(14(17)19-2,11-6-3-4-7-11)10-12-8-5-9-20-12/h5,8-9,11H,3-4,6-7,10H2,1-2H3. The van der Waals surface area contributed by atoms with Gasteiger partial charge in [-0.1, -0.05) is 18.9 Å². The highest BCUT2D eigenvalue weighted by molar-refractivity contribution is 7.09. The lowest BCUT2D eigenvalue weighted by Crippen LogP contribution is -2.48. The Balaban J connectivity index is 2.41. The summed E-state index contributed by atoms with van der Waals surface area (Å²) in [5.41, 5.74) is -1.19. The van der Waals surface area contributed by atoms with Crippen molar-refractivity contribution < 1.29 is 19.1 Å². The van der Waals surface area contributed by atoms with Gasteiger partial charge >= 0.3 is 11.9 Å². The van der Waals surface area contributed by atoms with Gasteiger partial charge in [0.05, 0.1) is 14.2 Å². The van der Waals surface area contributed by atoms with Gasteiger partial charge in [-0.05, 0) is 30.2 Å². The van der Waals surface area contributed by atoms with E-state index in [0.717, 1.165) is 30.6 Å². The Bertz CT molecular complexity index is 444. The van der Waals surface area contributed by atoms with Gasteiger partial charge in [0.1, 0.15) is 0 Å². The van der Waals surface area contributed by atoms with Crippen molar-refractivity contribution in [1.29, 1.82) is 0 Å². The van der Waals surface area contributed by atoms with E-state index in [-0.39, 0.29) is 5.92 Å². The average molecular weight is 296 g/mol. The van der Waals surface area contributed by atoms with Crippen LogP contribution in [0.5, 0.6) is 0 Å². The third-order valence-corrected chi connectivity index (χ3v) is 5.06. The number of esters is 2. The molecule has 110 valence electrons. The maximum Gasteiger partial charge on any atom is 0.323 e. The van der Waals surface area contributed by atoms with Gasteiger partial charge in [-0.3, -0.25) is 9.59 Å². The van der Waals surface area contributed by atoms with Gasteiger partial charge in [-0.25, -0.2) is 0 Å². The van der Waals surface area contributed by atoms with Crippen molar-refractivity contribution in [2.75, 3.05) is 14.2 Å². The van der Waals surface area contributed by atoms with Crippen molar-refractivity contribution in [3.05, 3.63) is 22.4 Å². The quantitative estimate of drug-likeness (QED) is 0.619. The molecule has 0 N–H and O–H groups in total. The van der Waals surface area contributed by atoms with Gasteiger partial charge in [-0.2, -0.15) is 0 Å². The molecule has 1 heterocycles. The van der Waals surface area contributed by atoms with E-state index in [9.17, 15) is 9.59 Å². The summed E-state index contributed by atoms with van der Waals surface area (Å²) in [6.45, 7) is 0. The number of rotatable bonds is 5. The first-order valence-corrected chi connectivity index (χ1v) is 7.72. The Morgan fingerprint density at radius 3 is 2.30 bits per heavy atom. The maximum absolute atomic E-state index is 12.4. The lowest BCUT2D eigenvalue weighted by Gasteiger charge is -2.33. The number of ether oxygens (including phenoxy) is 2. The number of carbonyl (C=O) groups excluding carboxylic acids is 2. The molecule has 0 unspecified atom stereocenters. The molecule has 0 saturated heterocycles. The normalized spacial score (nSPS) is 16.1. The fourth-order valence-corrected chi connectivity index (χ4v) is 3.98. The highest BCUT2D eigenvalue weighted by Crippen LogP contribution is 2.44. The first-order valence-electron chi connectivity index (χ1n) is 6.84. The predicted molar refractivity (Wildman–Crippen MR) is 76.4 cm³/mol. The zero-order chi connectivity index (χ0) is 14.6. The summed E-state index contributed by atoms with van der Waals surface area (Å²) in [5, 5.41) is 1.95. The van der Waals surface area contributed by atoms with E-state index in [1.54, 1.807) is 11.3 Å². The van der Waals surface area contributed by atoms with Crippen LogP contribution in [-0.2, 0) is 25.5 Å². The van der Waals surface area contributed by atoms with Crippen LogP contribution in [0.15, 0.2) is 17.5 Å². The van der Waals surface area contributed by atoms with Crippen LogP contribution in [0.4, 0.5) is 0 Å². The van der Waals surface area contributed by atoms with E-state index in [1.807, 2.05) is 17.5 Å². The zero-order valence-corrected chi connectivity index (χ0v) is 12.7. The summed E-state index contributed by atoms with van der Waals surface area (Å²) in [6, 6.07) is 3.87. The SMILES string of the molecule is COC(=O)C(Cc1cccs1)(C(=O)OC)C1CCCC1. The summed E-state index contributed by atoms with van der Waals surface area (Å²) in [4.78, 5) is 25.9. The van der Waals surface area contributed by atoms with Crippen LogP contribution in [0.1, 0.15) is 30.6 Å². The highest BCUT2D eigenvalue weighted by atomic mass is 32.1. The third-order valence-electron chi connectivity index (χ3n) is 4.18. The molecule has 2 rings (SSSR count). The smallest absolute Gasteiger partial charge is 0.323 e. The van der Waals surface area contributed by atoms with Crippen LogP contribution < -0.4 is 0 Å². The van der Waals surface area contributed by atoms with Gasteiger partial charge in [-0.15, -0.1) is 11.3 Å². The van der Waals surface area contributed by atoms with E-state index >= 15 is 0 Å². The van der Waals surface area contributed by atoms with Crippen molar-refractivity contribution in [1.82, 2.24) is 0 Å². The van der Waals surface area contributed by atoms with Crippen LogP contribution in [0.2, 0.25) is 0 Å². The Morgan fingerprint density at radius 2 is 1.85 bits per heavy atom. The number of methoxy groups -OCH3 is 2. The maximum atomic E-state index is 12.4. The average Bonchev–Trinajstić information content (AvgIpc) is 3.15. The van der Waals surface area contributed by atoms with Crippen molar-refractivity contribution in [3.63, 3.8) is 0 Å². The fraction of sp³-hybridized carbons (Fsp3) is 0.600. The minimum Gasteiger partial charge on any atom is -0.468 e. The molecule has 0 aliphatic heterocycles. The topological polar surface area (TPSA) is 52.6 Å². The molecule has 1 saturated carbocycles. The van der Waals surface area contributed by atoms with Gasteiger partial charge in [0.25, 0.3) is 0 Å². The third kappa shape index (κ3) is 2.59. The first-order chi connectivity index (χ1) is 9.65. The van der Waals surface area contributed by atoms with Crippen molar-refractivity contribution in [3.8, 4) is 0 Å². The second kappa shape index (κ2) is 6.39. The fourth-order valence-electron chi connectivity index (χ4n) is 3.18. The molecule has 0 radical (unpaired) electrons. The molecule has 20 heavy (non-hydrogen) atoms. The largest absolute Gasteiger partial charge is 0.468 e. The molecule has 0 spiro atoms. The van der Waals surface area contributed by atoms with Gasteiger partial charge in [0.15, 0.2) is 5.41 Å². The van der Waals surface area contributed by atoms with Gasteiger partial charge < -0.3 is 9.47 Å². The number of carbonyl (C=O) groups is 2. The molecule has 1 aliphatic carbocycles. The van der Waals surface area contributed by atoms with Crippen LogP contribution in [0, 0.1) is 11.3 Å². The molecule has 0 aromatic carbocycles. The zero-order valence-electron chi connectivity index (χ0n) is 11.9. The monoisotopic (exact) mass is 296 g/mol. The van der Waals surface area contributed by atoms with E-state index in [1.165, 1.54) is 14.2 Å². The first kappa shape index (κ1) is 15.0. The molecule has 4 nitrogen and oxygen atoms in total. The molecule has 1 aromatic heterocycles. The number of thiophene rings is 1. The molecule has 0 atom stereocenters. The van der Waals surface area contributed by atoms with Gasteiger partial charge in [0, 0.05) is 11.3 Å². The van der Waals surface area contributed by atoms with E-state index in [4.69, 9.17) is 9.47 Å². The van der Waals surface area contributed by atoms with Gasteiger partial charge in [0.2, 0.25) is 0 Å². The van der Waals surface area contributed by atoms with Crippen LogP contribution in [-0.4, -0.2) is 26.2 Å². The molecular weight excluding hydrogens is 276 g/mol. The van der Waals surface area contributed by atoms with E-state index in [0.29, 0.717) is 6.42 Å². The number of hydrogen-bond acceptors (Lipinski definition) is 5. The second-order valence-electron chi connectivity index (χ2n) is 5.19. The molecule has 1 fully saturated rings. The Morgan fingerprint density at radius 1 is 1.25 bits per heavy atom. The van der Waals surface area contributed by atoms with E-state index < -0.39 is 17.4 Å². The summed E-state index contributed by atoms with van der Waals surface area (Å²) >= 11 is 1.55. The summed E-state index contributed by atoms with van der Waals surface area (Å²) in [7, 11) is 2.67. The molecule has 0 bridgehead atoms. The Labute approximate surface area is 123 Å². The van der Waals surface area contributed by atoms with Crippen LogP contribution in [0.25, 0.3) is 0 Å². The van der Waals surface area contributed by atoms with Crippen molar-refractivity contribution in [2.24, 2.45) is 11.3 Å². The van der Waals surface area contributed by atoms with Crippen LogP contribution >= 0.6 is 11.3 Å². The summed E-state index contributed by atoms with van der Waals surface area (Å²) in [5.74, 6) is -0.932. The lowest BCUT2D eigenvalue weighted by atomic mass is 9.71. The minimum absolute atomic E-state index is 0.00417. The summed E-state index contributed by atoms with van der Waals surface area (Å²) in [6.07, 6.45) is 4.20. The Kier molecular flexibility index (Phi) is 4.81. The highest BCUT2D eigenvalue weighted by Gasteiger charge is 2.55. The second-order valence-corrected chi connectivity index (χ2v) is 6.22. The summed E-state index contributed by atoms with van der Waals surface area (Å²) < 4.78 is 9.93. The molecule has 0 amide bonds. The molecular formula is C15H20O4S. The van der Waals surface area contributed by atoms with Crippen molar-refractivity contribution in [2.45, 2.75) is 32.1 Å². The number of hydrogen-bond donors (Lipinski definition) is 0. The molecule has 5 heteroatoms. The van der Waals surface area contributed by atoms with E-state index in [2.05, 4.69) is 0 Å². The molecule has 1 aliphatic rings. The predicted octanol–water partition coefficient (Wildman–Crippen LogP) is 2.81. The lowest BCUT2D eigenvalue weighted by molar-refractivity contribution is -0.173. The molecule has 1 aromatic rings. The van der Waals surface area contributed by atoms with Crippen molar-refractivity contribution >= 4 is 23.3 Å². The van der Waals surface area contributed by atoms with Crippen LogP contribution in [0.3, 0.4) is 0 Å². The minimum atomic E-state index is -1.19. The Hall–Kier alpha value is -1.36.